The molecule has 114 valence electrons. The summed E-state index contributed by atoms with van der Waals surface area (Å²) in [4.78, 5) is 10.8. The Morgan fingerprint density at radius 1 is 1.24 bits per heavy atom. The van der Waals surface area contributed by atoms with Gasteiger partial charge in [0.2, 0.25) is 5.84 Å². The molecule has 0 fully saturated rings. The monoisotopic (exact) mass is 314 g/mol. The van der Waals surface area contributed by atoms with E-state index in [0.717, 1.165) is 0 Å². The van der Waals surface area contributed by atoms with Crippen molar-refractivity contribution >= 4 is 27.5 Å². The van der Waals surface area contributed by atoms with Gasteiger partial charge in [0.1, 0.15) is 4.90 Å². The van der Waals surface area contributed by atoms with E-state index in [2.05, 4.69) is 9.71 Å². The van der Waals surface area contributed by atoms with Gasteiger partial charge in [0.05, 0.1) is 18.9 Å². The maximum Gasteiger partial charge on any atom is 0.372 e. The molecule has 1 heterocycles. The summed E-state index contributed by atoms with van der Waals surface area (Å²) in [6.45, 7) is 4.20. The average Bonchev–Trinajstić information content (AvgIpc) is 2.39. The number of nitrogens with zero attached hydrogens (tertiary/aromatic N) is 1. The fourth-order valence-electron chi connectivity index (χ4n) is 1.80. The second-order valence-corrected chi connectivity index (χ2v) is 5.58. The zero-order chi connectivity index (χ0) is 15.6. The molecule has 0 aromatic heterocycles. The first-order valence-corrected chi connectivity index (χ1v) is 7.62. The lowest BCUT2D eigenvalue weighted by Gasteiger charge is -2.19. The van der Waals surface area contributed by atoms with Crippen LogP contribution < -0.4 is 14.8 Å². The third-order valence-electron chi connectivity index (χ3n) is 2.59. The molecule has 0 bridgehead atoms. The highest BCUT2D eigenvalue weighted by Crippen LogP contribution is 2.38. The number of nitrogens with one attached hydrogen (secondary N) is 1. The summed E-state index contributed by atoms with van der Waals surface area (Å²) in [5, 5.41) is 11.3. The number of rotatable bonds is 5. The minimum absolute atomic E-state index is 0.0919. The van der Waals surface area contributed by atoms with Gasteiger partial charge in [0.25, 0.3) is 10.0 Å². The molecule has 0 saturated heterocycles. The highest BCUT2D eigenvalue weighted by atomic mass is 32.2. The first-order valence-electron chi connectivity index (χ1n) is 6.18. The minimum Gasteiger partial charge on any atom is -0.490 e. The molecule has 1 aromatic carbocycles. The lowest BCUT2D eigenvalue weighted by Crippen LogP contribution is -2.28. The van der Waals surface area contributed by atoms with Gasteiger partial charge in [-0.3, -0.25) is 0 Å². The molecule has 21 heavy (non-hydrogen) atoms. The lowest BCUT2D eigenvalue weighted by molar-refractivity contribution is -0.129. The SMILES string of the molecule is CCOc1cc2c(cc1OCC)S(=O)(=O)N=C(C(=O)O)N2. The van der Waals surface area contributed by atoms with E-state index >= 15 is 0 Å². The van der Waals surface area contributed by atoms with Crippen LogP contribution in [0.3, 0.4) is 0 Å². The Morgan fingerprint density at radius 3 is 2.33 bits per heavy atom. The molecular weight excluding hydrogens is 300 g/mol. The summed E-state index contributed by atoms with van der Waals surface area (Å²) in [6.07, 6.45) is 0. The van der Waals surface area contributed by atoms with Crippen LogP contribution in [0.4, 0.5) is 5.69 Å². The first kappa shape index (κ1) is 15.1. The Bertz CT molecular complexity index is 711. The highest BCUT2D eigenvalue weighted by Gasteiger charge is 2.30. The van der Waals surface area contributed by atoms with Crippen molar-refractivity contribution in [3.8, 4) is 11.5 Å². The number of carbonyl (C=O) groups is 1. The topological polar surface area (TPSA) is 114 Å². The van der Waals surface area contributed by atoms with E-state index in [4.69, 9.17) is 14.6 Å². The molecule has 0 atom stereocenters. The molecule has 1 aromatic rings. The Morgan fingerprint density at radius 2 is 1.81 bits per heavy atom. The number of anilines is 1. The van der Waals surface area contributed by atoms with E-state index in [9.17, 15) is 13.2 Å². The van der Waals surface area contributed by atoms with Gasteiger partial charge in [0, 0.05) is 12.1 Å². The van der Waals surface area contributed by atoms with Crippen LogP contribution in [-0.4, -0.2) is 38.5 Å². The Balaban J connectivity index is 2.59. The zero-order valence-corrected chi connectivity index (χ0v) is 12.2. The third kappa shape index (κ3) is 2.92. The Kier molecular flexibility index (Phi) is 4.03. The van der Waals surface area contributed by atoms with Crippen LogP contribution in [0.25, 0.3) is 0 Å². The smallest absolute Gasteiger partial charge is 0.372 e. The zero-order valence-electron chi connectivity index (χ0n) is 11.4. The van der Waals surface area contributed by atoms with Crippen molar-refractivity contribution in [1.82, 2.24) is 0 Å². The van der Waals surface area contributed by atoms with Gasteiger partial charge < -0.3 is 19.9 Å². The van der Waals surface area contributed by atoms with Crippen molar-refractivity contribution < 1.29 is 27.8 Å². The van der Waals surface area contributed by atoms with Crippen molar-refractivity contribution in [3.63, 3.8) is 0 Å². The van der Waals surface area contributed by atoms with Crippen LogP contribution in [0.1, 0.15) is 13.8 Å². The molecule has 9 heteroatoms. The molecule has 2 rings (SSSR count). The van der Waals surface area contributed by atoms with Crippen molar-refractivity contribution in [2.45, 2.75) is 18.7 Å². The maximum absolute atomic E-state index is 12.0. The number of carboxylic acid groups (broad SMARTS) is 1. The van der Waals surface area contributed by atoms with Crippen LogP contribution in [0.15, 0.2) is 21.4 Å². The third-order valence-corrected chi connectivity index (χ3v) is 3.91. The number of aliphatic carboxylic acids is 1. The van der Waals surface area contributed by atoms with E-state index in [-0.39, 0.29) is 16.3 Å². The number of hydrogen-bond donors (Lipinski definition) is 2. The summed E-state index contributed by atoms with van der Waals surface area (Å²) in [6, 6.07) is 2.66. The van der Waals surface area contributed by atoms with Gasteiger partial charge in [-0.15, -0.1) is 4.40 Å². The number of hydrogen-bond acceptors (Lipinski definition) is 6. The van der Waals surface area contributed by atoms with E-state index < -0.39 is 21.8 Å². The first-order chi connectivity index (χ1) is 9.89. The Labute approximate surface area is 121 Å². The normalized spacial score (nSPS) is 15.4. The second kappa shape index (κ2) is 5.60. The van der Waals surface area contributed by atoms with Crippen LogP contribution in [-0.2, 0) is 14.8 Å². The van der Waals surface area contributed by atoms with Gasteiger partial charge >= 0.3 is 5.97 Å². The van der Waals surface area contributed by atoms with E-state index in [1.54, 1.807) is 13.8 Å². The molecule has 1 aliphatic heterocycles. The van der Waals surface area contributed by atoms with Crippen LogP contribution in [0, 0.1) is 0 Å². The van der Waals surface area contributed by atoms with Crippen LogP contribution in [0.5, 0.6) is 11.5 Å². The summed E-state index contributed by atoms with van der Waals surface area (Å²) in [5.74, 6) is -1.53. The van der Waals surface area contributed by atoms with Crippen molar-refractivity contribution in [2.75, 3.05) is 18.5 Å². The second-order valence-electron chi connectivity index (χ2n) is 4.01. The molecule has 0 unspecified atom stereocenters. The number of carboxylic acids is 1. The summed E-state index contributed by atoms with van der Waals surface area (Å²) < 4.78 is 38.0. The van der Waals surface area contributed by atoms with Gasteiger partial charge in [-0.05, 0) is 13.8 Å². The van der Waals surface area contributed by atoms with Crippen LogP contribution >= 0.6 is 0 Å². The van der Waals surface area contributed by atoms with E-state index in [1.807, 2.05) is 0 Å². The molecule has 2 N–H and O–H groups in total. The van der Waals surface area contributed by atoms with Gasteiger partial charge in [0.15, 0.2) is 11.5 Å². The number of fused-ring (bicyclic) bond motifs is 1. The molecule has 8 nitrogen and oxygen atoms in total. The lowest BCUT2D eigenvalue weighted by atomic mass is 10.2. The van der Waals surface area contributed by atoms with Crippen molar-refractivity contribution in [2.24, 2.45) is 4.40 Å². The minimum atomic E-state index is -4.10. The Hall–Kier alpha value is -2.29. The molecule has 0 radical (unpaired) electrons. The summed E-state index contributed by atoms with van der Waals surface area (Å²) >= 11 is 0. The molecule has 0 saturated carbocycles. The largest absolute Gasteiger partial charge is 0.490 e. The molecular formula is C12H14N2O6S. The van der Waals surface area contributed by atoms with E-state index in [0.29, 0.717) is 19.0 Å². The fourth-order valence-corrected chi connectivity index (χ4v) is 2.91. The number of ether oxygens (including phenoxy) is 2. The predicted octanol–water partition coefficient (Wildman–Crippen LogP) is 1.08. The summed E-state index contributed by atoms with van der Waals surface area (Å²) in [7, 11) is -4.10. The average molecular weight is 314 g/mol. The number of amidine groups is 1. The van der Waals surface area contributed by atoms with Crippen LogP contribution in [0.2, 0.25) is 0 Å². The maximum atomic E-state index is 12.0. The highest BCUT2D eigenvalue weighted by molar-refractivity contribution is 7.90. The van der Waals surface area contributed by atoms with E-state index in [1.165, 1.54) is 12.1 Å². The fraction of sp³-hybridized carbons (Fsp3) is 0.333. The number of sulfonamides is 1. The number of benzene rings is 1. The predicted molar refractivity (Wildman–Crippen MR) is 74.7 cm³/mol. The van der Waals surface area contributed by atoms with Gasteiger partial charge in [-0.25, -0.2) is 4.79 Å². The molecule has 0 aliphatic carbocycles. The van der Waals surface area contributed by atoms with Crippen molar-refractivity contribution in [1.29, 1.82) is 0 Å². The summed E-state index contributed by atoms with van der Waals surface area (Å²) in [5.41, 5.74) is 0.0919. The van der Waals surface area contributed by atoms with Gasteiger partial charge in [-0.1, -0.05) is 0 Å². The van der Waals surface area contributed by atoms with Crippen molar-refractivity contribution in [3.05, 3.63) is 12.1 Å². The molecule has 0 amide bonds. The molecule has 0 spiro atoms. The standard InChI is InChI=1S/C12H14N2O6S/c1-3-19-8-5-7-10(6-9(8)20-4-2)21(17,18)14-11(13-7)12(15)16/h5-6H,3-4H2,1-2H3,(H,13,14)(H,15,16). The van der Waals surface area contributed by atoms with Gasteiger partial charge in [-0.2, -0.15) is 8.42 Å². The molecule has 1 aliphatic rings. The quantitative estimate of drug-likeness (QED) is 0.835.